The Labute approximate surface area is 85.0 Å². The zero-order valence-electron chi connectivity index (χ0n) is 8.31. The van der Waals surface area contributed by atoms with Crippen molar-refractivity contribution >= 4 is 15.9 Å². The fourth-order valence-electron chi connectivity index (χ4n) is 0.976. The Hall–Kier alpha value is 0.440. The van der Waals surface area contributed by atoms with Gasteiger partial charge in [0, 0.05) is 11.9 Å². The summed E-state index contributed by atoms with van der Waals surface area (Å²) in [6.07, 6.45) is 5.00. The van der Waals surface area contributed by atoms with Crippen molar-refractivity contribution in [3.8, 4) is 0 Å². The van der Waals surface area contributed by atoms with Crippen molar-refractivity contribution in [1.29, 1.82) is 0 Å². The van der Waals surface area contributed by atoms with Gasteiger partial charge >= 0.3 is 0 Å². The average Bonchev–Trinajstić information content (AvgIpc) is 2.11. The maximum atomic E-state index is 5.55. The Morgan fingerprint density at radius 1 is 1.25 bits per heavy atom. The number of halogens is 1. The minimum Gasteiger partial charge on any atom is -0.381 e. The lowest BCUT2D eigenvalue weighted by molar-refractivity contribution is 0.102. The van der Waals surface area contributed by atoms with Gasteiger partial charge in [0.05, 0.1) is 6.61 Å². The van der Waals surface area contributed by atoms with Gasteiger partial charge in [0.25, 0.3) is 0 Å². The molecule has 0 bridgehead atoms. The summed E-state index contributed by atoms with van der Waals surface area (Å²) in [6.45, 7) is 6.29. The summed E-state index contributed by atoms with van der Waals surface area (Å²) in [5, 5.41) is 1.07. The minimum atomic E-state index is 0.701. The Morgan fingerprint density at radius 3 is 2.50 bits per heavy atom. The molecule has 0 radical (unpaired) electrons. The van der Waals surface area contributed by atoms with Crippen molar-refractivity contribution in [2.45, 2.75) is 39.5 Å². The topological polar surface area (TPSA) is 9.23 Å². The third-order valence-electron chi connectivity index (χ3n) is 2.04. The monoisotopic (exact) mass is 236 g/mol. The van der Waals surface area contributed by atoms with Crippen LogP contribution < -0.4 is 0 Å². The summed E-state index contributed by atoms with van der Waals surface area (Å²) in [6, 6.07) is 0. The maximum absolute atomic E-state index is 5.55. The molecule has 0 fully saturated rings. The quantitative estimate of drug-likeness (QED) is 0.463. The van der Waals surface area contributed by atoms with Crippen LogP contribution in [0.3, 0.4) is 0 Å². The second kappa shape index (κ2) is 9.53. The number of ether oxygens (including phenoxy) is 1. The molecule has 1 unspecified atom stereocenters. The van der Waals surface area contributed by atoms with Crippen LogP contribution in [-0.4, -0.2) is 18.5 Å². The summed E-state index contributed by atoms with van der Waals surface area (Å²) < 4.78 is 5.55. The summed E-state index contributed by atoms with van der Waals surface area (Å²) in [7, 11) is 0. The number of alkyl halides is 1. The Morgan fingerprint density at radius 2 is 2.00 bits per heavy atom. The van der Waals surface area contributed by atoms with E-state index in [1.165, 1.54) is 25.7 Å². The van der Waals surface area contributed by atoms with Crippen molar-refractivity contribution in [1.82, 2.24) is 0 Å². The molecule has 0 saturated carbocycles. The Kier molecular flexibility index (Phi) is 9.88. The molecule has 0 amide bonds. The van der Waals surface area contributed by atoms with E-state index in [9.17, 15) is 0 Å². The molecule has 74 valence electrons. The molecular formula is C10H21BrO. The van der Waals surface area contributed by atoms with Crippen LogP contribution in [0.1, 0.15) is 39.5 Å². The van der Waals surface area contributed by atoms with E-state index in [2.05, 4.69) is 29.8 Å². The molecule has 0 aliphatic heterocycles. The SMILES string of the molecule is CCCCCOCC(CC)CBr. The average molecular weight is 237 g/mol. The van der Waals surface area contributed by atoms with Gasteiger partial charge in [-0.05, 0) is 12.3 Å². The van der Waals surface area contributed by atoms with Gasteiger partial charge < -0.3 is 4.74 Å². The van der Waals surface area contributed by atoms with Gasteiger partial charge in [0.2, 0.25) is 0 Å². The highest BCUT2D eigenvalue weighted by Crippen LogP contribution is 2.07. The summed E-state index contributed by atoms with van der Waals surface area (Å²) in [5.41, 5.74) is 0. The van der Waals surface area contributed by atoms with Crippen LogP contribution in [0.5, 0.6) is 0 Å². The van der Waals surface area contributed by atoms with Crippen molar-refractivity contribution in [2.75, 3.05) is 18.5 Å². The molecule has 12 heavy (non-hydrogen) atoms. The zero-order chi connectivity index (χ0) is 9.23. The molecule has 0 heterocycles. The first-order valence-electron chi connectivity index (χ1n) is 4.98. The van der Waals surface area contributed by atoms with E-state index in [1.807, 2.05) is 0 Å². The first-order valence-corrected chi connectivity index (χ1v) is 6.11. The number of rotatable bonds is 8. The van der Waals surface area contributed by atoms with Crippen LogP contribution in [0.25, 0.3) is 0 Å². The van der Waals surface area contributed by atoms with E-state index in [4.69, 9.17) is 4.74 Å². The molecule has 0 saturated heterocycles. The van der Waals surface area contributed by atoms with E-state index in [-0.39, 0.29) is 0 Å². The molecule has 1 nitrogen and oxygen atoms in total. The van der Waals surface area contributed by atoms with Crippen LogP contribution in [0.2, 0.25) is 0 Å². The van der Waals surface area contributed by atoms with Gasteiger partial charge in [-0.25, -0.2) is 0 Å². The number of hydrogen-bond donors (Lipinski definition) is 0. The third-order valence-corrected chi connectivity index (χ3v) is 2.96. The van der Waals surface area contributed by atoms with E-state index >= 15 is 0 Å². The molecule has 0 aromatic rings. The molecule has 0 aromatic heterocycles. The van der Waals surface area contributed by atoms with Gasteiger partial charge in [-0.3, -0.25) is 0 Å². The fourth-order valence-corrected chi connectivity index (χ4v) is 1.62. The molecule has 0 N–H and O–H groups in total. The number of unbranched alkanes of at least 4 members (excludes halogenated alkanes) is 2. The lowest BCUT2D eigenvalue weighted by Crippen LogP contribution is -2.10. The molecule has 2 heteroatoms. The molecular weight excluding hydrogens is 216 g/mol. The first kappa shape index (κ1) is 12.4. The molecule has 0 spiro atoms. The highest BCUT2D eigenvalue weighted by molar-refractivity contribution is 9.09. The molecule has 1 atom stereocenters. The fraction of sp³-hybridized carbons (Fsp3) is 1.00. The van der Waals surface area contributed by atoms with Crippen molar-refractivity contribution in [3.63, 3.8) is 0 Å². The van der Waals surface area contributed by atoms with Crippen LogP contribution in [-0.2, 0) is 4.74 Å². The van der Waals surface area contributed by atoms with E-state index < -0.39 is 0 Å². The van der Waals surface area contributed by atoms with Crippen LogP contribution in [0, 0.1) is 5.92 Å². The van der Waals surface area contributed by atoms with Crippen molar-refractivity contribution in [2.24, 2.45) is 5.92 Å². The third kappa shape index (κ3) is 7.11. The molecule has 0 aliphatic rings. The number of hydrogen-bond acceptors (Lipinski definition) is 1. The summed E-state index contributed by atoms with van der Waals surface area (Å²) in [4.78, 5) is 0. The highest BCUT2D eigenvalue weighted by Gasteiger charge is 2.02. The molecule has 0 aromatic carbocycles. The minimum absolute atomic E-state index is 0.701. The van der Waals surface area contributed by atoms with E-state index in [0.717, 1.165) is 18.5 Å². The second-order valence-electron chi connectivity index (χ2n) is 3.21. The van der Waals surface area contributed by atoms with Crippen LogP contribution >= 0.6 is 15.9 Å². The second-order valence-corrected chi connectivity index (χ2v) is 3.86. The lowest BCUT2D eigenvalue weighted by atomic mass is 10.1. The van der Waals surface area contributed by atoms with Crippen molar-refractivity contribution < 1.29 is 4.74 Å². The maximum Gasteiger partial charge on any atom is 0.0502 e. The lowest BCUT2D eigenvalue weighted by Gasteiger charge is -2.11. The molecule has 0 rings (SSSR count). The van der Waals surface area contributed by atoms with E-state index in [0.29, 0.717) is 5.92 Å². The standard InChI is InChI=1S/C10H21BrO/c1-3-5-6-7-12-9-10(4-2)8-11/h10H,3-9H2,1-2H3. The zero-order valence-corrected chi connectivity index (χ0v) is 9.90. The molecule has 0 aliphatic carbocycles. The Balaban J connectivity index is 3.06. The summed E-state index contributed by atoms with van der Waals surface area (Å²) in [5.74, 6) is 0.701. The van der Waals surface area contributed by atoms with Crippen LogP contribution in [0.4, 0.5) is 0 Å². The van der Waals surface area contributed by atoms with Crippen molar-refractivity contribution in [3.05, 3.63) is 0 Å². The largest absolute Gasteiger partial charge is 0.381 e. The van der Waals surface area contributed by atoms with Gasteiger partial charge in [-0.15, -0.1) is 0 Å². The normalized spacial score (nSPS) is 13.2. The van der Waals surface area contributed by atoms with Gasteiger partial charge in [0.1, 0.15) is 0 Å². The predicted octanol–water partition coefficient (Wildman–Crippen LogP) is 3.61. The van der Waals surface area contributed by atoms with Gasteiger partial charge in [0.15, 0.2) is 0 Å². The summed E-state index contributed by atoms with van der Waals surface area (Å²) >= 11 is 3.48. The van der Waals surface area contributed by atoms with Crippen LogP contribution in [0.15, 0.2) is 0 Å². The first-order chi connectivity index (χ1) is 5.85. The van der Waals surface area contributed by atoms with Gasteiger partial charge in [-0.1, -0.05) is 49.0 Å². The predicted molar refractivity (Wildman–Crippen MR) is 57.9 cm³/mol. The highest BCUT2D eigenvalue weighted by atomic mass is 79.9. The van der Waals surface area contributed by atoms with Gasteiger partial charge in [-0.2, -0.15) is 0 Å². The van der Waals surface area contributed by atoms with E-state index in [1.54, 1.807) is 0 Å². The Bertz CT molecular complexity index is 81.9. The smallest absolute Gasteiger partial charge is 0.0502 e.